The van der Waals surface area contributed by atoms with Gasteiger partial charge in [-0.2, -0.15) is 0 Å². The van der Waals surface area contributed by atoms with Crippen molar-refractivity contribution in [3.05, 3.63) is 6.92 Å². The van der Waals surface area contributed by atoms with Crippen molar-refractivity contribution >= 4 is 0 Å². The fraction of sp³-hybridized carbons (Fsp3) is 0.833. The summed E-state index contributed by atoms with van der Waals surface area (Å²) in [5.41, 5.74) is 0. The standard InChI is InChI=1S/C6H13O/c1-4-5-7-6(2)3/h6H,2,4-5H2,1,3H3/t6-/m0/s1. The van der Waals surface area contributed by atoms with Gasteiger partial charge in [0.1, 0.15) is 0 Å². The van der Waals surface area contributed by atoms with E-state index in [1.807, 2.05) is 6.92 Å². The molecule has 1 nitrogen and oxygen atoms in total. The van der Waals surface area contributed by atoms with Crippen LogP contribution in [0.25, 0.3) is 0 Å². The van der Waals surface area contributed by atoms with Gasteiger partial charge in [0.25, 0.3) is 0 Å². The lowest BCUT2D eigenvalue weighted by Crippen LogP contribution is -2.02. The smallest absolute Gasteiger partial charge is 0.0547 e. The minimum Gasteiger partial charge on any atom is -0.379 e. The molecule has 0 unspecified atom stereocenters. The van der Waals surface area contributed by atoms with Crippen LogP contribution in [-0.2, 0) is 4.74 Å². The summed E-state index contributed by atoms with van der Waals surface area (Å²) in [6.45, 7) is 8.52. The van der Waals surface area contributed by atoms with Crippen molar-refractivity contribution in [1.82, 2.24) is 0 Å². The number of hydrogen-bond donors (Lipinski definition) is 0. The van der Waals surface area contributed by atoms with E-state index in [0.29, 0.717) is 0 Å². The van der Waals surface area contributed by atoms with E-state index < -0.39 is 0 Å². The molecule has 0 heterocycles. The molecule has 0 rings (SSSR count). The maximum absolute atomic E-state index is 5.08. The Morgan fingerprint density at radius 3 is 2.43 bits per heavy atom. The highest BCUT2D eigenvalue weighted by Gasteiger charge is 1.87. The Labute approximate surface area is 45.7 Å². The van der Waals surface area contributed by atoms with E-state index in [9.17, 15) is 0 Å². The third kappa shape index (κ3) is 5.96. The quantitative estimate of drug-likeness (QED) is 0.525. The van der Waals surface area contributed by atoms with Crippen LogP contribution in [0.2, 0.25) is 0 Å². The lowest BCUT2D eigenvalue weighted by Gasteiger charge is -2.02. The van der Waals surface area contributed by atoms with E-state index in [2.05, 4.69) is 13.8 Å². The Kier molecular flexibility index (Phi) is 4.10. The molecule has 0 aromatic rings. The topological polar surface area (TPSA) is 9.23 Å². The minimum absolute atomic E-state index is 0.153. The highest BCUT2D eigenvalue weighted by atomic mass is 16.5. The zero-order chi connectivity index (χ0) is 5.70. The van der Waals surface area contributed by atoms with Crippen LogP contribution < -0.4 is 0 Å². The number of hydrogen-bond acceptors (Lipinski definition) is 1. The highest BCUT2D eigenvalue weighted by molar-refractivity contribution is 4.47. The van der Waals surface area contributed by atoms with Gasteiger partial charge >= 0.3 is 0 Å². The highest BCUT2D eigenvalue weighted by Crippen LogP contribution is 1.86. The molecule has 0 saturated carbocycles. The van der Waals surface area contributed by atoms with Crippen molar-refractivity contribution in [3.8, 4) is 0 Å². The predicted octanol–water partition coefficient (Wildman–Crippen LogP) is 1.64. The first-order chi connectivity index (χ1) is 3.27. The second-order valence-corrected chi connectivity index (χ2v) is 1.68. The van der Waals surface area contributed by atoms with Crippen LogP contribution in [0.4, 0.5) is 0 Å². The Hall–Kier alpha value is -0.0400. The van der Waals surface area contributed by atoms with Gasteiger partial charge in [0, 0.05) is 6.61 Å². The van der Waals surface area contributed by atoms with Gasteiger partial charge in [-0.1, -0.05) is 6.92 Å². The summed E-state index contributed by atoms with van der Waals surface area (Å²) in [6, 6.07) is 0. The van der Waals surface area contributed by atoms with E-state index in [0.717, 1.165) is 13.0 Å². The molecule has 1 atom stereocenters. The second kappa shape index (κ2) is 4.13. The Morgan fingerprint density at radius 2 is 2.29 bits per heavy atom. The summed E-state index contributed by atoms with van der Waals surface area (Å²) in [6.07, 6.45) is 1.24. The van der Waals surface area contributed by atoms with Gasteiger partial charge in [-0.05, 0) is 20.3 Å². The van der Waals surface area contributed by atoms with Gasteiger partial charge in [-0.3, -0.25) is 0 Å². The third-order valence-electron chi connectivity index (χ3n) is 0.606. The SMILES string of the molecule is [CH2][C@@H](C)OCCC. The van der Waals surface area contributed by atoms with E-state index in [4.69, 9.17) is 4.74 Å². The summed E-state index contributed by atoms with van der Waals surface area (Å²) in [5.74, 6) is 0. The Bertz CT molecular complexity index is 33.2. The lowest BCUT2D eigenvalue weighted by atomic mass is 10.4. The van der Waals surface area contributed by atoms with Gasteiger partial charge in [0.2, 0.25) is 0 Å². The van der Waals surface area contributed by atoms with Gasteiger partial charge in [0.05, 0.1) is 6.10 Å². The first-order valence-corrected chi connectivity index (χ1v) is 2.72. The summed E-state index contributed by atoms with van der Waals surface area (Å²) in [5, 5.41) is 0. The monoisotopic (exact) mass is 101 g/mol. The molecule has 1 radical (unpaired) electrons. The molecule has 0 bridgehead atoms. The summed E-state index contributed by atoms with van der Waals surface area (Å²) < 4.78 is 5.08. The molecule has 0 N–H and O–H groups in total. The summed E-state index contributed by atoms with van der Waals surface area (Å²) in [7, 11) is 0. The van der Waals surface area contributed by atoms with Crippen molar-refractivity contribution in [2.24, 2.45) is 0 Å². The van der Waals surface area contributed by atoms with Crippen molar-refractivity contribution in [3.63, 3.8) is 0 Å². The number of ether oxygens (including phenoxy) is 1. The fourth-order valence-electron chi connectivity index (χ4n) is 0.319. The largest absolute Gasteiger partial charge is 0.379 e. The van der Waals surface area contributed by atoms with Crippen LogP contribution in [0.3, 0.4) is 0 Å². The van der Waals surface area contributed by atoms with Crippen LogP contribution in [0.5, 0.6) is 0 Å². The van der Waals surface area contributed by atoms with Gasteiger partial charge in [-0.25, -0.2) is 0 Å². The van der Waals surface area contributed by atoms with E-state index >= 15 is 0 Å². The second-order valence-electron chi connectivity index (χ2n) is 1.68. The lowest BCUT2D eigenvalue weighted by molar-refractivity contribution is 0.0963. The summed E-state index contributed by atoms with van der Waals surface area (Å²) in [4.78, 5) is 0. The zero-order valence-corrected chi connectivity index (χ0v) is 5.11. The molecular weight excluding hydrogens is 88.1 g/mol. The van der Waals surface area contributed by atoms with Crippen LogP contribution in [0.1, 0.15) is 20.3 Å². The molecule has 0 spiro atoms. The van der Waals surface area contributed by atoms with Gasteiger partial charge < -0.3 is 4.74 Å². The molecule has 7 heavy (non-hydrogen) atoms. The molecule has 0 amide bonds. The molecule has 0 aliphatic carbocycles. The molecule has 0 aromatic heterocycles. The Balaban J connectivity index is 2.68. The predicted molar refractivity (Wildman–Crippen MR) is 31.1 cm³/mol. The molecule has 0 aliphatic rings. The molecule has 43 valence electrons. The minimum atomic E-state index is 0.153. The average Bonchev–Trinajstić information content (AvgIpc) is 1.61. The average molecular weight is 101 g/mol. The van der Waals surface area contributed by atoms with Crippen molar-refractivity contribution in [2.45, 2.75) is 26.4 Å². The molecule has 0 fully saturated rings. The van der Waals surface area contributed by atoms with Crippen molar-refractivity contribution in [2.75, 3.05) is 6.61 Å². The van der Waals surface area contributed by atoms with E-state index in [-0.39, 0.29) is 6.10 Å². The molecule has 0 saturated heterocycles. The zero-order valence-electron chi connectivity index (χ0n) is 5.11. The van der Waals surface area contributed by atoms with Crippen LogP contribution in [0, 0.1) is 6.92 Å². The van der Waals surface area contributed by atoms with Crippen LogP contribution in [0.15, 0.2) is 0 Å². The first kappa shape index (κ1) is 6.96. The van der Waals surface area contributed by atoms with Crippen LogP contribution in [-0.4, -0.2) is 12.7 Å². The molecule has 0 aliphatic heterocycles. The Morgan fingerprint density at radius 1 is 1.71 bits per heavy atom. The fourth-order valence-corrected chi connectivity index (χ4v) is 0.319. The normalized spacial score (nSPS) is 10.3. The third-order valence-corrected chi connectivity index (χ3v) is 0.606. The maximum Gasteiger partial charge on any atom is 0.0547 e. The van der Waals surface area contributed by atoms with E-state index in [1.54, 1.807) is 0 Å². The van der Waals surface area contributed by atoms with Gasteiger partial charge in [-0.15, -0.1) is 0 Å². The van der Waals surface area contributed by atoms with Gasteiger partial charge in [0.15, 0.2) is 0 Å². The molecular formula is C6H13O. The molecule has 1 heteroatoms. The van der Waals surface area contributed by atoms with Crippen LogP contribution >= 0.6 is 0 Å². The number of rotatable bonds is 3. The molecule has 0 aromatic carbocycles. The van der Waals surface area contributed by atoms with E-state index in [1.165, 1.54) is 0 Å². The maximum atomic E-state index is 5.08. The van der Waals surface area contributed by atoms with Crippen molar-refractivity contribution in [1.29, 1.82) is 0 Å². The summed E-state index contributed by atoms with van der Waals surface area (Å²) >= 11 is 0. The van der Waals surface area contributed by atoms with Crippen molar-refractivity contribution < 1.29 is 4.74 Å². The first-order valence-electron chi connectivity index (χ1n) is 2.72.